The van der Waals surface area contributed by atoms with Gasteiger partial charge in [-0.25, -0.2) is 9.59 Å². The first kappa shape index (κ1) is 12.9. The number of carbonyl (C=O) groups excluding carboxylic acids is 1. The third kappa shape index (κ3) is 4.09. The van der Waals surface area contributed by atoms with Gasteiger partial charge in [-0.2, -0.15) is 4.98 Å². The van der Waals surface area contributed by atoms with Crippen LogP contribution in [0.15, 0.2) is 4.52 Å². The van der Waals surface area contributed by atoms with Crippen LogP contribution in [0.25, 0.3) is 0 Å². The van der Waals surface area contributed by atoms with Crippen molar-refractivity contribution in [3.05, 3.63) is 11.7 Å². The van der Waals surface area contributed by atoms with Crippen molar-refractivity contribution in [2.75, 3.05) is 0 Å². The third-order valence-electron chi connectivity index (χ3n) is 1.99. The molecule has 0 bridgehead atoms. The summed E-state index contributed by atoms with van der Waals surface area (Å²) in [6.45, 7) is 3.38. The number of aryl methyl sites for hydroxylation is 1. The monoisotopic (exact) mass is 242 g/mol. The zero-order chi connectivity index (χ0) is 12.8. The molecule has 0 unspecified atom stereocenters. The van der Waals surface area contributed by atoms with Gasteiger partial charge >= 0.3 is 12.0 Å². The largest absolute Gasteiger partial charge is 0.480 e. The van der Waals surface area contributed by atoms with Crippen molar-refractivity contribution in [3.63, 3.8) is 0 Å². The number of aliphatic carboxylic acids is 1. The number of nitrogens with one attached hydrogen (secondary N) is 2. The topological polar surface area (TPSA) is 117 Å². The molecule has 17 heavy (non-hydrogen) atoms. The summed E-state index contributed by atoms with van der Waals surface area (Å²) in [4.78, 5) is 25.9. The summed E-state index contributed by atoms with van der Waals surface area (Å²) in [5.74, 6) is -0.335. The van der Waals surface area contributed by atoms with Crippen molar-refractivity contribution in [3.8, 4) is 0 Å². The second-order valence-corrected chi connectivity index (χ2v) is 3.36. The Morgan fingerprint density at radius 2 is 2.24 bits per heavy atom. The van der Waals surface area contributed by atoms with Gasteiger partial charge in [0.2, 0.25) is 5.89 Å². The van der Waals surface area contributed by atoms with Crippen molar-refractivity contribution >= 4 is 12.0 Å². The summed E-state index contributed by atoms with van der Waals surface area (Å²) in [5.41, 5.74) is 0. The van der Waals surface area contributed by atoms with E-state index in [-0.39, 0.29) is 6.54 Å². The minimum atomic E-state index is -1.07. The van der Waals surface area contributed by atoms with Crippen molar-refractivity contribution < 1.29 is 19.2 Å². The first-order valence-electron chi connectivity index (χ1n) is 5.09. The number of rotatable bonds is 5. The highest BCUT2D eigenvalue weighted by atomic mass is 16.5. The Morgan fingerprint density at radius 3 is 2.71 bits per heavy atom. The van der Waals surface area contributed by atoms with Gasteiger partial charge < -0.3 is 20.3 Å². The molecule has 1 atom stereocenters. The van der Waals surface area contributed by atoms with E-state index in [1.165, 1.54) is 0 Å². The van der Waals surface area contributed by atoms with Crippen LogP contribution in [-0.2, 0) is 11.3 Å². The first-order chi connectivity index (χ1) is 8.02. The van der Waals surface area contributed by atoms with Gasteiger partial charge in [-0.3, -0.25) is 0 Å². The molecule has 0 aliphatic carbocycles. The highest BCUT2D eigenvalue weighted by Crippen LogP contribution is 1.94. The summed E-state index contributed by atoms with van der Waals surface area (Å²) in [6.07, 6.45) is 0.310. The molecule has 0 aliphatic heterocycles. The third-order valence-corrected chi connectivity index (χ3v) is 1.99. The van der Waals surface area contributed by atoms with Crippen LogP contribution in [0.4, 0.5) is 4.79 Å². The Morgan fingerprint density at radius 1 is 1.53 bits per heavy atom. The van der Waals surface area contributed by atoms with Gasteiger partial charge in [-0.15, -0.1) is 0 Å². The van der Waals surface area contributed by atoms with E-state index >= 15 is 0 Å². The molecule has 0 saturated heterocycles. The standard InChI is InChI=1S/C9H14N4O4/c1-3-6(8(14)15)12-9(16)10-4-7-11-5(2)17-13-7/h6H,3-4H2,1-2H3,(H,14,15)(H2,10,12,16)/t6-/m1/s1. The molecule has 1 aromatic rings. The number of amides is 2. The molecular formula is C9H14N4O4. The molecule has 8 heteroatoms. The molecule has 2 amide bonds. The predicted octanol–water partition coefficient (Wildman–Crippen LogP) is 0.0404. The van der Waals surface area contributed by atoms with Gasteiger partial charge in [-0.1, -0.05) is 12.1 Å². The molecule has 0 aliphatic rings. The van der Waals surface area contributed by atoms with Gasteiger partial charge in [0, 0.05) is 6.92 Å². The number of hydrogen-bond acceptors (Lipinski definition) is 5. The van der Waals surface area contributed by atoms with Crippen LogP contribution in [0, 0.1) is 6.92 Å². The van der Waals surface area contributed by atoms with E-state index in [4.69, 9.17) is 9.63 Å². The lowest BCUT2D eigenvalue weighted by molar-refractivity contribution is -0.139. The number of carboxylic acids is 1. The minimum Gasteiger partial charge on any atom is -0.480 e. The van der Waals surface area contributed by atoms with Crippen molar-refractivity contribution in [2.24, 2.45) is 0 Å². The lowest BCUT2D eigenvalue weighted by atomic mass is 10.2. The molecular weight excluding hydrogens is 228 g/mol. The van der Waals surface area contributed by atoms with Gasteiger partial charge in [0.05, 0.1) is 6.54 Å². The maximum Gasteiger partial charge on any atom is 0.326 e. The summed E-state index contributed by atoms with van der Waals surface area (Å²) in [7, 11) is 0. The lowest BCUT2D eigenvalue weighted by Crippen LogP contribution is -2.45. The van der Waals surface area contributed by atoms with Crippen molar-refractivity contribution in [1.82, 2.24) is 20.8 Å². The van der Waals surface area contributed by atoms with Crippen LogP contribution in [0.2, 0.25) is 0 Å². The normalized spacial score (nSPS) is 11.9. The molecule has 8 nitrogen and oxygen atoms in total. The zero-order valence-electron chi connectivity index (χ0n) is 9.56. The van der Waals surface area contributed by atoms with E-state index in [9.17, 15) is 9.59 Å². The summed E-state index contributed by atoms with van der Waals surface area (Å²) in [5, 5.41) is 17.0. The Bertz CT molecular complexity index is 403. The van der Waals surface area contributed by atoms with Crippen molar-refractivity contribution in [1.29, 1.82) is 0 Å². The molecule has 0 fully saturated rings. The van der Waals surface area contributed by atoms with Crippen LogP contribution in [0.1, 0.15) is 25.1 Å². The van der Waals surface area contributed by atoms with E-state index < -0.39 is 18.0 Å². The maximum absolute atomic E-state index is 11.3. The fraction of sp³-hybridized carbons (Fsp3) is 0.556. The quantitative estimate of drug-likeness (QED) is 0.671. The lowest BCUT2D eigenvalue weighted by Gasteiger charge is -2.12. The molecule has 1 rings (SSSR count). The highest BCUT2D eigenvalue weighted by molar-refractivity contribution is 5.82. The number of carboxylic acid groups (broad SMARTS) is 1. The maximum atomic E-state index is 11.3. The molecule has 1 aromatic heterocycles. The molecule has 94 valence electrons. The fourth-order valence-corrected chi connectivity index (χ4v) is 1.12. The van der Waals surface area contributed by atoms with Gasteiger partial charge in [0.15, 0.2) is 5.82 Å². The van der Waals surface area contributed by atoms with Crippen LogP contribution < -0.4 is 10.6 Å². The average molecular weight is 242 g/mol. The SMILES string of the molecule is CC[C@@H](NC(=O)NCc1noc(C)n1)C(=O)O. The van der Waals surface area contributed by atoms with Gasteiger partial charge in [-0.05, 0) is 6.42 Å². The smallest absolute Gasteiger partial charge is 0.326 e. The molecule has 3 N–H and O–H groups in total. The van der Waals surface area contributed by atoms with Gasteiger partial charge in [0.25, 0.3) is 0 Å². The molecule has 0 saturated carbocycles. The molecule has 1 heterocycles. The second kappa shape index (κ2) is 5.83. The van der Waals surface area contributed by atoms with E-state index in [1.807, 2.05) is 0 Å². The number of carbonyl (C=O) groups is 2. The van der Waals surface area contributed by atoms with E-state index in [2.05, 4.69) is 20.8 Å². The minimum absolute atomic E-state index is 0.0826. The number of hydrogen-bond donors (Lipinski definition) is 3. The van der Waals surface area contributed by atoms with Gasteiger partial charge in [0.1, 0.15) is 6.04 Å². The number of nitrogens with zero attached hydrogens (tertiary/aromatic N) is 2. The van der Waals surface area contributed by atoms with Crippen LogP contribution in [0.3, 0.4) is 0 Å². The highest BCUT2D eigenvalue weighted by Gasteiger charge is 2.17. The summed E-state index contributed by atoms with van der Waals surface area (Å²) in [6, 6.07) is -1.48. The first-order valence-corrected chi connectivity index (χ1v) is 5.09. The fourth-order valence-electron chi connectivity index (χ4n) is 1.12. The van der Waals surface area contributed by atoms with Crippen LogP contribution >= 0.6 is 0 Å². The summed E-state index contributed by atoms with van der Waals surface area (Å²) >= 11 is 0. The van der Waals surface area contributed by atoms with E-state index in [1.54, 1.807) is 13.8 Å². The Kier molecular flexibility index (Phi) is 4.44. The second-order valence-electron chi connectivity index (χ2n) is 3.36. The Balaban J connectivity index is 2.37. The molecule has 0 radical (unpaired) electrons. The van der Waals surface area contributed by atoms with Crippen molar-refractivity contribution in [2.45, 2.75) is 32.9 Å². The number of aromatic nitrogens is 2. The Labute approximate surface area is 97.4 Å². The summed E-state index contributed by atoms with van der Waals surface area (Å²) < 4.78 is 4.71. The average Bonchev–Trinajstić information content (AvgIpc) is 2.68. The van der Waals surface area contributed by atoms with Crippen LogP contribution in [0.5, 0.6) is 0 Å². The molecule has 0 spiro atoms. The van der Waals surface area contributed by atoms with E-state index in [0.717, 1.165) is 0 Å². The zero-order valence-corrected chi connectivity index (χ0v) is 9.56. The predicted molar refractivity (Wildman–Crippen MR) is 56.1 cm³/mol. The number of urea groups is 1. The van der Waals surface area contributed by atoms with E-state index in [0.29, 0.717) is 18.1 Å². The Hall–Kier alpha value is -2.12. The van der Waals surface area contributed by atoms with Crippen LogP contribution in [-0.4, -0.2) is 33.3 Å². The molecule has 0 aromatic carbocycles.